The van der Waals surface area contributed by atoms with Crippen LogP contribution in [0.4, 0.5) is 5.82 Å². The molecule has 0 saturated carbocycles. The summed E-state index contributed by atoms with van der Waals surface area (Å²) in [4.78, 5) is 61.8. The van der Waals surface area contributed by atoms with Crippen LogP contribution in [0.1, 0.15) is 155 Å². The number of ether oxygens (including phenoxy) is 3. The molecule has 1 aromatic rings. The van der Waals surface area contributed by atoms with Crippen LogP contribution in [0.3, 0.4) is 0 Å². The van der Waals surface area contributed by atoms with E-state index in [1.54, 1.807) is 0 Å². The Hall–Kier alpha value is -3.84. The van der Waals surface area contributed by atoms with Crippen molar-refractivity contribution >= 4 is 33.4 Å². The van der Waals surface area contributed by atoms with Crippen molar-refractivity contribution in [3.05, 3.63) is 95.7 Å². The van der Waals surface area contributed by atoms with Gasteiger partial charge in [-0.05, 0) is 76.7 Å². The molecule has 0 amide bonds. The lowest BCUT2D eigenvalue weighted by molar-refractivity contribution is -0.161. The zero-order valence-electron chi connectivity index (χ0n) is 41.6. The van der Waals surface area contributed by atoms with Crippen molar-refractivity contribution in [2.45, 2.75) is 185 Å². The number of aromatic nitrogens is 2. The van der Waals surface area contributed by atoms with Crippen molar-refractivity contribution in [3.63, 3.8) is 0 Å². The van der Waals surface area contributed by atoms with Crippen LogP contribution < -0.4 is 11.4 Å². The SMILES string of the molecule is CCCCCC/C=C\C=C/CCCCCCCC(=O)O[C@H](COC(=O)CCC/C=C\C/C=C\C/C=C\C/C=C\[C@@H](O)CCCC)COP(=O)(O)OP(=O)(O)OC[C@H]1O[C@@H](n2ccc(N)nc2=O)[C@H](O)[C@@H]1O. The second kappa shape index (κ2) is 37.8. The molecule has 19 nitrogen and oxygen atoms in total. The van der Waals surface area contributed by atoms with Crippen LogP contribution in [0.2, 0.25) is 0 Å². The number of phosphoric acid groups is 2. The van der Waals surface area contributed by atoms with Crippen molar-refractivity contribution < 1.29 is 71.4 Å². The third-order valence-corrected chi connectivity index (χ3v) is 13.5. The molecule has 8 atom stereocenters. The molecular weight excluding hydrogens is 961 g/mol. The number of anilines is 1. The van der Waals surface area contributed by atoms with E-state index in [-0.39, 0.29) is 24.8 Å². The number of rotatable bonds is 40. The van der Waals surface area contributed by atoms with Crippen LogP contribution >= 0.6 is 15.6 Å². The number of esters is 2. The van der Waals surface area contributed by atoms with Gasteiger partial charge in [-0.3, -0.25) is 23.2 Å². The molecule has 2 unspecified atom stereocenters. The largest absolute Gasteiger partial charge is 0.481 e. The Morgan fingerprint density at radius 2 is 1.32 bits per heavy atom. The molecule has 0 aliphatic carbocycles. The van der Waals surface area contributed by atoms with Crippen molar-refractivity contribution in [3.8, 4) is 0 Å². The highest BCUT2D eigenvalue weighted by Gasteiger charge is 2.46. The van der Waals surface area contributed by atoms with Crippen LogP contribution in [-0.4, -0.2) is 96.9 Å². The third-order valence-electron chi connectivity index (χ3n) is 10.9. The molecule has 1 aliphatic heterocycles. The molecule has 1 fully saturated rings. The van der Waals surface area contributed by atoms with E-state index in [0.29, 0.717) is 19.3 Å². The molecule has 0 aromatic carbocycles. The number of nitrogens with two attached hydrogens (primary N) is 1. The molecule has 402 valence electrons. The number of hydrogen-bond acceptors (Lipinski definition) is 16. The van der Waals surface area contributed by atoms with Gasteiger partial charge in [-0.25, -0.2) is 13.9 Å². The molecule has 2 rings (SSSR count). The number of hydrogen-bond donors (Lipinski definition) is 6. The molecule has 0 bridgehead atoms. The number of carbonyl (C=O) groups is 2. The lowest BCUT2D eigenvalue weighted by Gasteiger charge is -2.21. The first kappa shape index (κ1) is 63.3. The summed E-state index contributed by atoms with van der Waals surface area (Å²) >= 11 is 0. The summed E-state index contributed by atoms with van der Waals surface area (Å²) in [6.07, 6.45) is 34.7. The van der Waals surface area contributed by atoms with E-state index in [1.165, 1.54) is 31.7 Å². The van der Waals surface area contributed by atoms with Gasteiger partial charge in [0.05, 0.1) is 19.3 Å². The van der Waals surface area contributed by atoms with E-state index in [2.05, 4.69) is 53.5 Å². The molecule has 2 heterocycles. The number of nitrogens with zero attached hydrogens (tertiary/aromatic N) is 2. The summed E-state index contributed by atoms with van der Waals surface area (Å²) < 4.78 is 56.6. The number of carbonyl (C=O) groups excluding carboxylic acids is 2. The van der Waals surface area contributed by atoms with Gasteiger partial charge in [0.2, 0.25) is 0 Å². The molecule has 1 aliphatic rings. The van der Waals surface area contributed by atoms with Crippen LogP contribution in [0.5, 0.6) is 0 Å². The Kier molecular flexibility index (Phi) is 33.7. The average Bonchev–Trinajstić information content (AvgIpc) is 3.60. The minimum absolute atomic E-state index is 0.00926. The minimum Gasteiger partial charge on any atom is -0.462 e. The fourth-order valence-corrected chi connectivity index (χ4v) is 9.01. The van der Waals surface area contributed by atoms with E-state index in [1.807, 2.05) is 42.5 Å². The first-order valence-corrected chi connectivity index (χ1v) is 28.0. The maximum Gasteiger partial charge on any atom is 0.481 e. The molecule has 0 spiro atoms. The summed E-state index contributed by atoms with van der Waals surface area (Å²) in [5.74, 6) is -1.41. The normalized spacial score (nSPS) is 20.2. The lowest BCUT2D eigenvalue weighted by atomic mass is 10.1. The van der Waals surface area contributed by atoms with Gasteiger partial charge in [0.1, 0.15) is 30.7 Å². The standard InChI is InChI=1S/C50H81N3O16P2/c1-3-5-7-8-9-10-11-12-13-14-19-22-25-28-31-35-46(56)67-42(38-64-45(55)34-30-27-24-21-18-16-15-17-20-23-26-29-33-41(54)32-6-4-2)39-65-70(60,61)69-71(62,63)66-40-43-47(57)48(58)49(68-43)53-37-36-44(51)52-50(53)59/h10-13,15-16,20-21,23-24,29,33,36-37,41-43,47-49,54,57-58H,3-9,14,17-19,22,25-28,30-32,34-35,38-40H2,1-2H3,(H,60,61)(H,62,63)(H2,51,52,59)/b11-10-,13-12-,16-15-,23-20-,24-21-,33-29-/t41-,42+,43+,47+,48+,49+/m0/s1. The van der Waals surface area contributed by atoms with Crippen LogP contribution in [0.15, 0.2) is 90.0 Å². The number of phosphoric ester groups is 2. The van der Waals surface area contributed by atoms with Crippen LogP contribution in [0, 0.1) is 0 Å². The second-order valence-corrected chi connectivity index (χ2v) is 20.2. The first-order chi connectivity index (χ1) is 34.1. The average molecular weight is 1040 g/mol. The van der Waals surface area contributed by atoms with Crippen LogP contribution in [0.25, 0.3) is 0 Å². The minimum atomic E-state index is -5.45. The highest BCUT2D eigenvalue weighted by Crippen LogP contribution is 2.60. The molecule has 0 radical (unpaired) electrons. The highest BCUT2D eigenvalue weighted by molar-refractivity contribution is 7.61. The van der Waals surface area contributed by atoms with Crippen molar-refractivity contribution in [1.82, 2.24) is 9.55 Å². The van der Waals surface area contributed by atoms with Gasteiger partial charge >= 0.3 is 33.3 Å². The molecule has 1 aromatic heterocycles. The first-order valence-electron chi connectivity index (χ1n) is 25.1. The van der Waals surface area contributed by atoms with E-state index < -0.39 is 83.7 Å². The summed E-state index contributed by atoms with van der Waals surface area (Å²) in [5, 5.41) is 30.7. The molecular formula is C50H81N3O16P2. The number of unbranched alkanes of at least 4 members (excludes halogenated alkanes) is 11. The predicted molar refractivity (Wildman–Crippen MR) is 271 cm³/mol. The summed E-state index contributed by atoms with van der Waals surface area (Å²) in [7, 11) is -10.9. The Morgan fingerprint density at radius 3 is 1.99 bits per heavy atom. The van der Waals surface area contributed by atoms with Gasteiger partial charge < -0.3 is 45.1 Å². The van der Waals surface area contributed by atoms with Crippen molar-refractivity contribution in [1.29, 1.82) is 0 Å². The predicted octanol–water partition coefficient (Wildman–Crippen LogP) is 9.08. The zero-order chi connectivity index (χ0) is 52.2. The Morgan fingerprint density at radius 1 is 0.746 bits per heavy atom. The quantitative estimate of drug-likeness (QED) is 0.0117. The van der Waals surface area contributed by atoms with Gasteiger partial charge in [0.25, 0.3) is 0 Å². The Bertz CT molecular complexity index is 1990. The number of nitrogen functional groups attached to an aromatic ring is 1. The third kappa shape index (κ3) is 30.7. The second-order valence-electron chi connectivity index (χ2n) is 17.2. The van der Waals surface area contributed by atoms with Crippen molar-refractivity contribution in [2.75, 3.05) is 25.6 Å². The molecule has 7 N–H and O–H groups in total. The Balaban J connectivity index is 1.85. The van der Waals surface area contributed by atoms with Gasteiger partial charge in [0, 0.05) is 19.0 Å². The summed E-state index contributed by atoms with van der Waals surface area (Å²) in [5.41, 5.74) is 4.57. The number of aliphatic hydroxyl groups excluding tert-OH is 3. The fraction of sp³-hybridized carbons (Fsp3) is 0.640. The van der Waals surface area contributed by atoms with E-state index >= 15 is 0 Å². The number of allylic oxidation sites excluding steroid dienone is 11. The fourth-order valence-electron chi connectivity index (χ4n) is 6.90. The zero-order valence-corrected chi connectivity index (χ0v) is 43.4. The van der Waals surface area contributed by atoms with E-state index in [0.717, 1.165) is 87.8 Å². The van der Waals surface area contributed by atoms with E-state index in [4.69, 9.17) is 29.0 Å². The maximum absolute atomic E-state index is 12.8. The monoisotopic (exact) mass is 1040 g/mol. The van der Waals surface area contributed by atoms with Gasteiger partial charge in [0.15, 0.2) is 12.3 Å². The molecule has 21 heteroatoms. The highest BCUT2D eigenvalue weighted by atomic mass is 31.3. The van der Waals surface area contributed by atoms with Gasteiger partial charge in [-0.15, -0.1) is 0 Å². The Labute approximate surface area is 419 Å². The smallest absolute Gasteiger partial charge is 0.462 e. The van der Waals surface area contributed by atoms with Crippen LogP contribution in [-0.2, 0) is 46.3 Å². The molecule has 71 heavy (non-hydrogen) atoms. The molecule has 1 saturated heterocycles. The van der Waals surface area contributed by atoms with Gasteiger partial charge in [-0.2, -0.15) is 9.29 Å². The van der Waals surface area contributed by atoms with Gasteiger partial charge in [-0.1, -0.05) is 138 Å². The topological polar surface area (TPSA) is 286 Å². The lowest BCUT2D eigenvalue weighted by Crippen LogP contribution is -2.36. The van der Waals surface area contributed by atoms with E-state index in [9.17, 15) is 48.6 Å². The summed E-state index contributed by atoms with van der Waals surface area (Å²) in [6.45, 7) is 1.89. The maximum atomic E-state index is 12.8. The summed E-state index contributed by atoms with van der Waals surface area (Å²) in [6, 6.07) is 1.24. The van der Waals surface area contributed by atoms with Crippen molar-refractivity contribution in [2.24, 2.45) is 0 Å². The number of aliphatic hydroxyl groups is 3.